The van der Waals surface area contributed by atoms with Gasteiger partial charge in [-0.1, -0.05) is 34.6 Å². The number of carbonyl (C=O) groups is 3. The molecule has 0 saturated carbocycles. The molecule has 41 heavy (non-hydrogen) atoms. The number of nitrogens with zero attached hydrogens (tertiary/aromatic N) is 3. The average molecular weight is 573 g/mol. The lowest BCUT2D eigenvalue weighted by molar-refractivity contribution is -0.118. The number of anilines is 2. The molecule has 1 aromatic carbocycles. The molecule has 3 rings (SSSR count). The largest absolute Gasteiger partial charge is 0.396 e. The van der Waals surface area contributed by atoms with Crippen LogP contribution in [0, 0.1) is 11.8 Å². The third-order valence-corrected chi connectivity index (χ3v) is 4.58. The summed E-state index contributed by atoms with van der Waals surface area (Å²) in [5, 5.41) is 11.3. The summed E-state index contributed by atoms with van der Waals surface area (Å²) in [6, 6.07) is 6.69. The molecule has 0 unspecified atom stereocenters. The van der Waals surface area contributed by atoms with E-state index in [9.17, 15) is 19.2 Å². The van der Waals surface area contributed by atoms with Crippen LogP contribution in [-0.4, -0.2) is 49.7 Å². The maximum absolute atomic E-state index is 11.8. The molecule has 0 atom stereocenters. The molecule has 13 heteroatoms. The van der Waals surface area contributed by atoms with Crippen LogP contribution in [0.15, 0.2) is 35.3 Å². The van der Waals surface area contributed by atoms with Gasteiger partial charge in [-0.3, -0.25) is 19.4 Å². The number of aldehydes is 1. The zero-order chi connectivity index (χ0) is 31.4. The standard InChI is InChI=1S/C14H13N7O2.C5H9NO2.C5H12O.C4H10/c15-11(22)7-1-3-8(4-2-7)17-5-9-6-18-12-10(19-9)13(23)21-14(16)20-12;6-5(8)3-1-2-4-7;1-5(2)3-4-6;1-4(2)3/h1-4,6,17H,5H2,(H2,15,22)(H3,16,18,20,21,23);4H,1-3H2,(H2,6,8);5-6H,3-4H2,1-2H3;4H,1-3H3. The number of hydrogen-bond donors (Lipinski definition) is 6. The van der Waals surface area contributed by atoms with Gasteiger partial charge in [0.2, 0.25) is 17.8 Å². The van der Waals surface area contributed by atoms with Gasteiger partial charge in [0.1, 0.15) is 6.29 Å². The fourth-order valence-corrected chi connectivity index (χ4v) is 2.62. The van der Waals surface area contributed by atoms with Gasteiger partial charge in [-0.05, 0) is 48.9 Å². The van der Waals surface area contributed by atoms with Gasteiger partial charge < -0.3 is 32.4 Å². The Bertz CT molecular complexity index is 1260. The highest BCUT2D eigenvalue weighted by molar-refractivity contribution is 5.93. The lowest BCUT2D eigenvalue weighted by Crippen LogP contribution is -2.15. The van der Waals surface area contributed by atoms with E-state index >= 15 is 0 Å². The number of nitrogens with two attached hydrogens (primary N) is 3. The van der Waals surface area contributed by atoms with Crippen molar-refractivity contribution < 1.29 is 19.5 Å². The SMILES string of the molecule is CC(C)C.CC(C)CCO.NC(=O)CCCC=O.NC(=O)c1ccc(NCc2cnc3nc(N)[nH]c(=O)c3n2)cc1. The summed E-state index contributed by atoms with van der Waals surface area (Å²) in [5.74, 6) is 0.655. The topological polar surface area (TPSA) is 233 Å². The van der Waals surface area contributed by atoms with Gasteiger partial charge in [-0.25, -0.2) is 9.97 Å². The predicted octanol–water partition coefficient (Wildman–Crippen LogP) is 2.53. The van der Waals surface area contributed by atoms with Gasteiger partial charge in [0.15, 0.2) is 11.2 Å². The first-order chi connectivity index (χ1) is 19.3. The summed E-state index contributed by atoms with van der Waals surface area (Å²) in [4.78, 5) is 57.0. The van der Waals surface area contributed by atoms with E-state index in [-0.39, 0.29) is 23.0 Å². The number of nitrogen functional groups attached to an aromatic ring is 1. The van der Waals surface area contributed by atoms with Crippen molar-refractivity contribution >= 4 is 40.9 Å². The van der Waals surface area contributed by atoms with E-state index < -0.39 is 11.5 Å². The van der Waals surface area contributed by atoms with Crippen LogP contribution in [0.5, 0.6) is 0 Å². The summed E-state index contributed by atoms with van der Waals surface area (Å²) < 4.78 is 0. The number of primary amides is 2. The fourth-order valence-electron chi connectivity index (χ4n) is 2.62. The van der Waals surface area contributed by atoms with Gasteiger partial charge in [0, 0.05) is 30.7 Å². The van der Waals surface area contributed by atoms with Crippen molar-refractivity contribution in [3.05, 3.63) is 52.1 Å². The third-order valence-electron chi connectivity index (χ3n) is 4.58. The number of hydrogen-bond acceptors (Lipinski definition) is 10. The minimum atomic E-state index is -0.483. The highest BCUT2D eigenvalue weighted by Crippen LogP contribution is 2.11. The number of unbranched alkanes of at least 4 members (excludes halogenated alkanes) is 1. The Morgan fingerprint density at radius 3 is 2.15 bits per heavy atom. The molecule has 0 aliphatic rings. The number of amides is 2. The van der Waals surface area contributed by atoms with E-state index in [4.69, 9.17) is 22.3 Å². The van der Waals surface area contributed by atoms with E-state index in [1.807, 2.05) is 0 Å². The van der Waals surface area contributed by atoms with Crippen LogP contribution < -0.4 is 28.1 Å². The molecule has 0 aliphatic carbocycles. The lowest BCUT2D eigenvalue weighted by atomic mass is 10.2. The van der Waals surface area contributed by atoms with E-state index in [1.54, 1.807) is 24.3 Å². The first-order valence-corrected chi connectivity index (χ1v) is 13.3. The number of carbonyl (C=O) groups excluding carboxylic acids is 3. The molecule has 2 heterocycles. The summed E-state index contributed by atoms with van der Waals surface area (Å²) >= 11 is 0. The Kier molecular flexibility index (Phi) is 18.3. The van der Waals surface area contributed by atoms with Crippen molar-refractivity contribution in [1.82, 2.24) is 19.9 Å². The summed E-state index contributed by atoms with van der Waals surface area (Å²) in [6.07, 6.45) is 4.56. The van der Waals surface area contributed by atoms with Crippen molar-refractivity contribution in [2.24, 2.45) is 23.3 Å². The van der Waals surface area contributed by atoms with Gasteiger partial charge in [-0.15, -0.1) is 0 Å². The number of aromatic amines is 1. The molecular weight excluding hydrogens is 528 g/mol. The molecule has 2 amide bonds. The number of aliphatic hydroxyl groups excluding tert-OH is 1. The molecule has 226 valence electrons. The highest BCUT2D eigenvalue weighted by Gasteiger charge is 2.07. The van der Waals surface area contributed by atoms with Crippen LogP contribution >= 0.6 is 0 Å². The summed E-state index contributed by atoms with van der Waals surface area (Å²) in [6.45, 7) is 11.4. The van der Waals surface area contributed by atoms with Gasteiger partial charge in [0.25, 0.3) is 5.56 Å². The third kappa shape index (κ3) is 17.7. The highest BCUT2D eigenvalue weighted by atomic mass is 16.3. The molecule has 0 spiro atoms. The fraction of sp³-hybridized carbons (Fsp3) is 0.464. The molecule has 0 saturated heterocycles. The van der Waals surface area contributed by atoms with Gasteiger partial charge >= 0.3 is 0 Å². The maximum atomic E-state index is 11.8. The van der Waals surface area contributed by atoms with Crippen LogP contribution in [0.3, 0.4) is 0 Å². The number of rotatable bonds is 10. The smallest absolute Gasteiger partial charge is 0.280 e. The minimum absolute atomic E-state index is 0.00258. The molecule has 0 fully saturated rings. The molecule has 0 aliphatic heterocycles. The Morgan fingerprint density at radius 2 is 1.68 bits per heavy atom. The van der Waals surface area contributed by atoms with Crippen LogP contribution in [0.4, 0.5) is 11.6 Å². The predicted molar refractivity (Wildman–Crippen MR) is 161 cm³/mol. The monoisotopic (exact) mass is 572 g/mol. The molecule has 3 aromatic rings. The van der Waals surface area contributed by atoms with Crippen molar-refractivity contribution in [1.29, 1.82) is 0 Å². The number of nitrogens with one attached hydrogen (secondary N) is 2. The normalized spacial score (nSPS) is 9.95. The number of fused-ring (bicyclic) bond motifs is 1. The van der Waals surface area contributed by atoms with Crippen molar-refractivity contribution in [3.63, 3.8) is 0 Å². The average Bonchev–Trinajstić information content (AvgIpc) is 2.88. The number of aliphatic hydroxyl groups is 1. The van der Waals surface area contributed by atoms with Crippen LogP contribution in [0.2, 0.25) is 0 Å². The van der Waals surface area contributed by atoms with E-state index in [1.165, 1.54) is 6.20 Å². The Balaban J connectivity index is 0.000000730. The second kappa shape index (κ2) is 20.5. The van der Waals surface area contributed by atoms with Crippen molar-refractivity contribution in [2.75, 3.05) is 17.7 Å². The van der Waals surface area contributed by atoms with Crippen LogP contribution in [0.25, 0.3) is 11.2 Å². The van der Waals surface area contributed by atoms with Crippen LogP contribution in [-0.2, 0) is 16.1 Å². The Labute approximate surface area is 240 Å². The van der Waals surface area contributed by atoms with Crippen LogP contribution in [0.1, 0.15) is 76.4 Å². The molecule has 9 N–H and O–H groups in total. The summed E-state index contributed by atoms with van der Waals surface area (Å²) in [5.41, 5.74) is 17.1. The molecule has 2 aromatic heterocycles. The second-order valence-electron chi connectivity index (χ2n) is 9.94. The van der Waals surface area contributed by atoms with E-state index in [2.05, 4.69) is 59.9 Å². The lowest BCUT2D eigenvalue weighted by Gasteiger charge is -2.06. The second-order valence-corrected chi connectivity index (χ2v) is 9.94. The zero-order valence-electron chi connectivity index (χ0n) is 24.5. The number of benzene rings is 1. The molecular formula is C28H44N8O5. The molecule has 13 nitrogen and oxygen atoms in total. The first kappa shape index (κ1) is 36.6. The minimum Gasteiger partial charge on any atom is -0.396 e. The van der Waals surface area contributed by atoms with Crippen molar-refractivity contribution in [2.45, 2.75) is 66.8 Å². The molecule has 0 radical (unpaired) electrons. The van der Waals surface area contributed by atoms with Crippen molar-refractivity contribution in [3.8, 4) is 0 Å². The van der Waals surface area contributed by atoms with E-state index in [0.29, 0.717) is 49.6 Å². The maximum Gasteiger partial charge on any atom is 0.280 e. The summed E-state index contributed by atoms with van der Waals surface area (Å²) in [7, 11) is 0. The number of H-pyrrole nitrogens is 1. The number of aromatic nitrogens is 4. The molecule has 0 bridgehead atoms. The Hall–Kier alpha value is -4.39. The van der Waals surface area contributed by atoms with E-state index in [0.717, 1.165) is 24.3 Å². The first-order valence-electron chi connectivity index (χ1n) is 13.3. The van der Waals surface area contributed by atoms with Gasteiger partial charge in [0.05, 0.1) is 18.4 Å². The van der Waals surface area contributed by atoms with Gasteiger partial charge in [-0.2, -0.15) is 4.98 Å². The zero-order valence-corrected chi connectivity index (χ0v) is 24.5. The Morgan fingerprint density at radius 1 is 1.07 bits per heavy atom. The quantitative estimate of drug-likeness (QED) is 0.153.